The number of hydrogen-bond donors (Lipinski definition) is 1. The summed E-state index contributed by atoms with van der Waals surface area (Å²) in [5.74, 6) is 0. The van der Waals surface area contributed by atoms with Crippen LogP contribution >= 0.6 is 11.6 Å². The molecule has 0 aliphatic carbocycles. The molecule has 1 aromatic heterocycles. The number of anilines is 1. The van der Waals surface area contributed by atoms with Gasteiger partial charge >= 0.3 is 0 Å². The first-order valence-corrected chi connectivity index (χ1v) is 5.57. The summed E-state index contributed by atoms with van der Waals surface area (Å²) in [6, 6.07) is 5.84. The van der Waals surface area contributed by atoms with Crippen molar-refractivity contribution in [1.29, 1.82) is 0 Å². The SMILES string of the molecule is CC1(C)Nc2cc(Cl)ccc2-n2cncc21. The minimum absolute atomic E-state index is 0.131. The second kappa shape index (κ2) is 3.01. The zero-order chi connectivity index (χ0) is 11.3. The third kappa shape index (κ3) is 1.25. The van der Waals surface area contributed by atoms with E-state index in [1.165, 1.54) is 0 Å². The molecule has 2 heterocycles. The van der Waals surface area contributed by atoms with E-state index in [0.717, 1.165) is 22.1 Å². The third-order valence-electron chi connectivity index (χ3n) is 2.94. The average molecular weight is 234 g/mol. The van der Waals surface area contributed by atoms with Gasteiger partial charge in [-0.05, 0) is 32.0 Å². The molecule has 0 bridgehead atoms. The van der Waals surface area contributed by atoms with Crippen molar-refractivity contribution in [3.05, 3.63) is 41.4 Å². The molecule has 0 amide bonds. The van der Waals surface area contributed by atoms with Crippen LogP contribution < -0.4 is 5.32 Å². The molecule has 82 valence electrons. The van der Waals surface area contributed by atoms with Crippen LogP contribution in [-0.2, 0) is 5.54 Å². The Morgan fingerprint density at radius 3 is 3.00 bits per heavy atom. The van der Waals surface area contributed by atoms with Crippen molar-refractivity contribution in [2.24, 2.45) is 0 Å². The molecule has 1 N–H and O–H groups in total. The quantitative estimate of drug-likeness (QED) is 0.758. The molecule has 3 nitrogen and oxygen atoms in total. The largest absolute Gasteiger partial charge is 0.373 e. The van der Waals surface area contributed by atoms with Crippen LogP contribution in [0.1, 0.15) is 19.5 Å². The lowest BCUT2D eigenvalue weighted by Gasteiger charge is -2.34. The first-order valence-electron chi connectivity index (χ1n) is 5.19. The lowest BCUT2D eigenvalue weighted by Crippen LogP contribution is -2.34. The van der Waals surface area contributed by atoms with Crippen molar-refractivity contribution in [2.45, 2.75) is 19.4 Å². The van der Waals surface area contributed by atoms with Gasteiger partial charge in [0, 0.05) is 5.02 Å². The fourth-order valence-electron chi connectivity index (χ4n) is 2.17. The standard InChI is InChI=1S/C12H12ClN3/c1-12(2)11-6-14-7-16(11)10-4-3-8(13)5-9(10)15-12/h3-7,15H,1-2H3. The zero-order valence-corrected chi connectivity index (χ0v) is 9.92. The van der Waals surface area contributed by atoms with Crippen LogP contribution in [-0.4, -0.2) is 9.55 Å². The minimum atomic E-state index is -0.131. The van der Waals surface area contributed by atoms with Gasteiger partial charge in [0.05, 0.1) is 35.1 Å². The molecule has 0 spiro atoms. The molecule has 4 heteroatoms. The zero-order valence-electron chi connectivity index (χ0n) is 9.16. The van der Waals surface area contributed by atoms with Gasteiger partial charge in [-0.3, -0.25) is 4.57 Å². The van der Waals surface area contributed by atoms with Crippen LogP contribution in [0.3, 0.4) is 0 Å². The lowest BCUT2D eigenvalue weighted by molar-refractivity contribution is 0.560. The van der Waals surface area contributed by atoms with Crippen LogP contribution in [0, 0.1) is 0 Å². The molecule has 1 aromatic carbocycles. The second-order valence-corrected chi connectivity index (χ2v) is 5.00. The van der Waals surface area contributed by atoms with Crippen LogP contribution in [0.2, 0.25) is 5.02 Å². The highest BCUT2D eigenvalue weighted by molar-refractivity contribution is 6.31. The normalized spacial score (nSPS) is 16.2. The number of rotatable bonds is 0. The first kappa shape index (κ1) is 9.73. The first-order chi connectivity index (χ1) is 7.58. The van der Waals surface area contributed by atoms with Crippen molar-refractivity contribution in [3.63, 3.8) is 0 Å². The van der Waals surface area contributed by atoms with E-state index in [1.54, 1.807) is 0 Å². The summed E-state index contributed by atoms with van der Waals surface area (Å²) in [5, 5.41) is 4.22. The van der Waals surface area contributed by atoms with Crippen molar-refractivity contribution in [2.75, 3.05) is 5.32 Å². The Balaban J connectivity index is 2.30. The average Bonchev–Trinajstić information content (AvgIpc) is 2.65. The maximum absolute atomic E-state index is 6.01. The monoisotopic (exact) mass is 233 g/mol. The van der Waals surface area contributed by atoms with E-state index in [0.29, 0.717) is 0 Å². The minimum Gasteiger partial charge on any atom is -0.373 e. The van der Waals surface area contributed by atoms with Crippen LogP contribution in [0.15, 0.2) is 30.7 Å². The molecule has 0 saturated heterocycles. The predicted molar refractivity (Wildman–Crippen MR) is 65.2 cm³/mol. The molecule has 16 heavy (non-hydrogen) atoms. The van der Waals surface area contributed by atoms with Crippen molar-refractivity contribution in [3.8, 4) is 5.69 Å². The Hall–Kier alpha value is -1.48. The number of halogens is 1. The maximum Gasteiger partial charge on any atom is 0.0995 e. The molecule has 3 rings (SSSR count). The fourth-order valence-corrected chi connectivity index (χ4v) is 2.34. The van der Waals surface area contributed by atoms with Gasteiger partial charge in [0.25, 0.3) is 0 Å². The van der Waals surface area contributed by atoms with Gasteiger partial charge in [-0.1, -0.05) is 11.6 Å². The molecule has 0 radical (unpaired) electrons. The number of nitrogens with zero attached hydrogens (tertiary/aromatic N) is 2. The maximum atomic E-state index is 6.01. The van der Waals surface area contributed by atoms with E-state index < -0.39 is 0 Å². The summed E-state index contributed by atoms with van der Waals surface area (Å²) < 4.78 is 2.10. The Kier molecular flexibility index (Phi) is 1.83. The molecular weight excluding hydrogens is 222 g/mol. The summed E-state index contributed by atoms with van der Waals surface area (Å²) in [5.41, 5.74) is 3.16. The summed E-state index contributed by atoms with van der Waals surface area (Å²) in [6.45, 7) is 4.26. The van der Waals surface area contributed by atoms with Gasteiger partial charge in [-0.25, -0.2) is 4.98 Å². The van der Waals surface area contributed by atoms with Gasteiger partial charge < -0.3 is 5.32 Å². The summed E-state index contributed by atoms with van der Waals surface area (Å²) >= 11 is 6.01. The van der Waals surface area contributed by atoms with Gasteiger partial charge in [-0.15, -0.1) is 0 Å². The molecule has 0 unspecified atom stereocenters. The fraction of sp³-hybridized carbons (Fsp3) is 0.250. The highest BCUT2D eigenvalue weighted by atomic mass is 35.5. The van der Waals surface area contributed by atoms with Gasteiger partial charge in [0.1, 0.15) is 0 Å². The van der Waals surface area contributed by atoms with Gasteiger partial charge in [0.15, 0.2) is 0 Å². The van der Waals surface area contributed by atoms with Crippen molar-refractivity contribution < 1.29 is 0 Å². The Morgan fingerprint density at radius 2 is 2.19 bits per heavy atom. The van der Waals surface area contributed by atoms with Crippen molar-refractivity contribution >= 4 is 17.3 Å². The number of nitrogens with one attached hydrogen (secondary N) is 1. The van der Waals surface area contributed by atoms with E-state index >= 15 is 0 Å². The van der Waals surface area contributed by atoms with E-state index in [-0.39, 0.29) is 5.54 Å². The van der Waals surface area contributed by atoms with Gasteiger partial charge in [-0.2, -0.15) is 0 Å². The summed E-state index contributed by atoms with van der Waals surface area (Å²) in [4.78, 5) is 4.21. The van der Waals surface area contributed by atoms with E-state index in [9.17, 15) is 0 Å². The number of hydrogen-bond acceptors (Lipinski definition) is 2. The number of fused-ring (bicyclic) bond motifs is 3. The topological polar surface area (TPSA) is 29.9 Å². The number of imidazole rings is 1. The van der Waals surface area contributed by atoms with E-state index in [2.05, 4.69) is 28.7 Å². The molecule has 2 aromatic rings. The molecule has 1 aliphatic rings. The van der Waals surface area contributed by atoms with Crippen LogP contribution in [0.4, 0.5) is 5.69 Å². The second-order valence-electron chi connectivity index (χ2n) is 4.56. The molecule has 0 saturated carbocycles. The number of benzene rings is 1. The lowest BCUT2D eigenvalue weighted by atomic mass is 9.97. The Labute approximate surface area is 99.1 Å². The van der Waals surface area contributed by atoms with E-state index in [4.69, 9.17) is 11.6 Å². The highest BCUT2D eigenvalue weighted by Gasteiger charge is 2.30. The third-order valence-corrected chi connectivity index (χ3v) is 3.18. The van der Waals surface area contributed by atoms with Crippen molar-refractivity contribution in [1.82, 2.24) is 9.55 Å². The summed E-state index contributed by atoms with van der Waals surface area (Å²) in [7, 11) is 0. The number of aromatic nitrogens is 2. The molecule has 0 atom stereocenters. The molecular formula is C12H12ClN3. The van der Waals surface area contributed by atoms with Crippen LogP contribution in [0.5, 0.6) is 0 Å². The molecule has 1 aliphatic heterocycles. The summed E-state index contributed by atoms with van der Waals surface area (Å²) in [6.07, 6.45) is 3.73. The smallest absolute Gasteiger partial charge is 0.0995 e. The Bertz CT molecular complexity index is 557. The van der Waals surface area contributed by atoms with Gasteiger partial charge in [0.2, 0.25) is 0 Å². The Morgan fingerprint density at radius 1 is 1.38 bits per heavy atom. The van der Waals surface area contributed by atoms with E-state index in [1.807, 2.05) is 30.7 Å². The molecule has 0 fully saturated rings. The van der Waals surface area contributed by atoms with Crippen LogP contribution in [0.25, 0.3) is 5.69 Å². The predicted octanol–water partition coefficient (Wildman–Crippen LogP) is 3.19. The highest BCUT2D eigenvalue weighted by Crippen LogP contribution is 2.37.